The highest BCUT2D eigenvalue weighted by atomic mass is 16.1. The quantitative estimate of drug-likeness (QED) is 0.897. The molecule has 1 amide bonds. The minimum absolute atomic E-state index is 0.0546. The summed E-state index contributed by atoms with van der Waals surface area (Å²) in [6.45, 7) is 4.27. The van der Waals surface area contributed by atoms with Crippen LogP contribution < -0.4 is 10.2 Å². The number of carbonyl (C=O) groups is 1. The molecular weight excluding hydrogens is 240 g/mol. The predicted molar refractivity (Wildman–Crippen MR) is 73.1 cm³/mol. The Morgan fingerprint density at radius 1 is 1.32 bits per heavy atom. The molecule has 0 aromatic carbocycles. The first-order valence-corrected chi connectivity index (χ1v) is 7.10. The number of carbonyl (C=O) groups excluding carboxylic acids is 1. The molecule has 1 saturated heterocycles. The van der Waals surface area contributed by atoms with E-state index in [0.717, 1.165) is 31.9 Å². The molecule has 19 heavy (non-hydrogen) atoms. The van der Waals surface area contributed by atoms with Crippen molar-refractivity contribution in [1.82, 2.24) is 15.3 Å². The number of amides is 1. The summed E-state index contributed by atoms with van der Waals surface area (Å²) >= 11 is 0. The topological polar surface area (TPSA) is 58.1 Å². The Hall–Kier alpha value is -1.65. The Morgan fingerprint density at radius 3 is 2.68 bits per heavy atom. The van der Waals surface area contributed by atoms with Crippen LogP contribution in [0.1, 0.15) is 43.0 Å². The molecule has 2 heterocycles. The third kappa shape index (κ3) is 3.03. The average Bonchev–Trinajstić information content (AvgIpc) is 3.23. The molecule has 5 nitrogen and oxygen atoms in total. The van der Waals surface area contributed by atoms with Gasteiger partial charge in [-0.3, -0.25) is 4.79 Å². The Morgan fingerprint density at radius 2 is 2.05 bits per heavy atom. The molecule has 1 aliphatic heterocycles. The first-order valence-electron chi connectivity index (χ1n) is 7.10. The van der Waals surface area contributed by atoms with Crippen LogP contribution in [-0.4, -0.2) is 35.0 Å². The second-order valence-electron chi connectivity index (χ2n) is 5.71. The van der Waals surface area contributed by atoms with Crippen molar-refractivity contribution >= 4 is 11.9 Å². The summed E-state index contributed by atoms with van der Waals surface area (Å²) in [5.74, 6) is 1.38. The van der Waals surface area contributed by atoms with Crippen LogP contribution >= 0.6 is 0 Å². The van der Waals surface area contributed by atoms with Gasteiger partial charge in [0.2, 0.25) is 5.95 Å². The van der Waals surface area contributed by atoms with Gasteiger partial charge in [0.25, 0.3) is 5.91 Å². The fraction of sp³-hybridized carbons (Fsp3) is 0.643. The van der Waals surface area contributed by atoms with E-state index < -0.39 is 0 Å². The van der Waals surface area contributed by atoms with Gasteiger partial charge in [0.15, 0.2) is 0 Å². The third-order valence-electron chi connectivity index (χ3n) is 3.75. The predicted octanol–water partition coefficient (Wildman–Crippen LogP) is 1.61. The molecular formula is C14H20N4O. The van der Waals surface area contributed by atoms with Crippen LogP contribution in [-0.2, 0) is 0 Å². The first-order chi connectivity index (χ1) is 9.22. The van der Waals surface area contributed by atoms with Crippen LogP contribution in [0.3, 0.4) is 0 Å². The van der Waals surface area contributed by atoms with Gasteiger partial charge in [-0.15, -0.1) is 0 Å². The summed E-state index contributed by atoms with van der Waals surface area (Å²) in [5.41, 5.74) is 0.556. The monoisotopic (exact) mass is 260 g/mol. The summed E-state index contributed by atoms with van der Waals surface area (Å²) in [4.78, 5) is 22.7. The summed E-state index contributed by atoms with van der Waals surface area (Å²) in [6, 6.07) is 0.370. The molecule has 3 rings (SSSR count). The summed E-state index contributed by atoms with van der Waals surface area (Å²) in [7, 11) is 0. The molecule has 1 aromatic heterocycles. The third-order valence-corrected chi connectivity index (χ3v) is 3.75. The van der Waals surface area contributed by atoms with Crippen molar-refractivity contribution in [2.24, 2.45) is 5.92 Å². The fourth-order valence-electron chi connectivity index (χ4n) is 2.47. The minimum Gasteiger partial charge on any atom is -0.349 e. The Labute approximate surface area is 113 Å². The van der Waals surface area contributed by atoms with Gasteiger partial charge in [-0.05, 0) is 31.6 Å². The summed E-state index contributed by atoms with van der Waals surface area (Å²) in [5, 5.41) is 2.94. The zero-order valence-electron chi connectivity index (χ0n) is 11.3. The zero-order chi connectivity index (χ0) is 13.2. The van der Waals surface area contributed by atoms with E-state index in [2.05, 4.69) is 27.1 Å². The van der Waals surface area contributed by atoms with Crippen LogP contribution in [0, 0.1) is 5.92 Å². The maximum absolute atomic E-state index is 11.8. The van der Waals surface area contributed by atoms with Crippen molar-refractivity contribution in [3.05, 3.63) is 18.0 Å². The Balaban J connectivity index is 1.65. The molecule has 1 N–H and O–H groups in total. The second-order valence-corrected chi connectivity index (χ2v) is 5.71. The lowest BCUT2D eigenvalue weighted by atomic mass is 10.0. The highest BCUT2D eigenvalue weighted by molar-refractivity contribution is 5.94. The fourth-order valence-corrected chi connectivity index (χ4v) is 2.47. The largest absolute Gasteiger partial charge is 0.349 e. The standard InChI is InChI=1S/C14H20N4O/c1-10-3-2-6-18(9-10)14-15-7-11(8-16-14)13(19)17-12-4-5-12/h7-8,10,12H,2-6,9H2,1H3,(H,17,19). The summed E-state index contributed by atoms with van der Waals surface area (Å²) in [6.07, 6.45) is 7.93. The molecule has 5 heteroatoms. The lowest BCUT2D eigenvalue weighted by Gasteiger charge is -2.30. The van der Waals surface area contributed by atoms with E-state index in [4.69, 9.17) is 0 Å². The van der Waals surface area contributed by atoms with Gasteiger partial charge < -0.3 is 10.2 Å². The number of anilines is 1. The van der Waals surface area contributed by atoms with E-state index >= 15 is 0 Å². The minimum atomic E-state index is -0.0546. The highest BCUT2D eigenvalue weighted by Crippen LogP contribution is 2.20. The molecule has 1 saturated carbocycles. The van der Waals surface area contributed by atoms with Crippen molar-refractivity contribution in [3.63, 3.8) is 0 Å². The smallest absolute Gasteiger partial charge is 0.254 e. The summed E-state index contributed by atoms with van der Waals surface area (Å²) < 4.78 is 0. The van der Waals surface area contributed by atoms with Crippen molar-refractivity contribution in [2.75, 3.05) is 18.0 Å². The molecule has 1 atom stereocenters. The van der Waals surface area contributed by atoms with E-state index in [1.807, 2.05) is 0 Å². The van der Waals surface area contributed by atoms with Crippen molar-refractivity contribution in [3.8, 4) is 0 Å². The van der Waals surface area contributed by atoms with E-state index in [1.165, 1.54) is 12.8 Å². The van der Waals surface area contributed by atoms with E-state index in [1.54, 1.807) is 12.4 Å². The molecule has 1 aliphatic carbocycles. The van der Waals surface area contributed by atoms with Gasteiger partial charge >= 0.3 is 0 Å². The average molecular weight is 260 g/mol. The molecule has 2 aliphatic rings. The SMILES string of the molecule is CC1CCCN(c2ncc(C(=O)NC3CC3)cn2)C1. The normalized spacial score (nSPS) is 23.2. The Bertz CT molecular complexity index is 455. The second kappa shape index (κ2) is 5.15. The first kappa shape index (κ1) is 12.4. The number of aromatic nitrogens is 2. The maximum atomic E-state index is 11.8. The molecule has 0 spiro atoms. The van der Waals surface area contributed by atoms with Gasteiger partial charge in [0.05, 0.1) is 5.56 Å². The molecule has 0 radical (unpaired) electrons. The molecule has 0 bridgehead atoms. The van der Waals surface area contributed by atoms with Crippen molar-refractivity contribution in [1.29, 1.82) is 0 Å². The maximum Gasteiger partial charge on any atom is 0.254 e. The van der Waals surface area contributed by atoms with E-state index in [-0.39, 0.29) is 5.91 Å². The van der Waals surface area contributed by atoms with Crippen LogP contribution in [0.15, 0.2) is 12.4 Å². The number of rotatable bonds is 3. The van der Waals surface area contributed by atoms with Crippen molar-refractivity contribution < 1.29 is 4.79 Å². The van der Waals surface area contributed by atoms with Gasteiger partial charge in [0.1, 0.15) is 0 Å². The number of hydrogen-bond donors (Lipinski definition) is 1. The molecule has 2 fully saturated rings. The van der Waals surface area contributed by atoms with Crippen LogP contribution in [0.25, 0.3) is 0 Å². The van der Waals surface area contributed by atoms with E-state index in [0.29, 0.717) is 17.5 Å². The van der Waals surface area contributed by atoms with Gasteiger partial charge in [-0.1, -0.05) is 6.92 Å². The highest BCUT2D eigenvalue weighted by Gasteiger charge is 2.24. The van der Waals surface area contributed by atoms with Gasteiger partial charge in [0, 0.05) is 31.5 Å². The molecule has 1 aromatic rings. The van der Waals surface area contributed by atoms with Gasteiger partial charge in [-0.25, -0.2) is 9.97 Å². The number of nitrogens with zero attached hydrogens (tertiary/aromatic N) is 3. The molecule has 102 valence electrons. The van der Waals surface area contributed by atoms with Crippen LogP contribution in [0.4, 0.5) is 5.95 Å². The lowest BCUT2D eigenvalue weighted by molar-refractivity contribution is 0.0950. The lowest BCUT2D eigenvalue weighted by Crippen LogP contribution is -2.35. The van der Waals surface area contributed by atoms with Crippen LogP contribution in [0.2, 0.25) is 0 Å². The Kier molecular flexibility index (Phi) is 3.36. The zero-order valence-corrected chi connectivity index (χ0v) is 11.3. The van der Waals surface area contributed by atoms with Crippen molar-refractivity contribution in [2.45, 2.75) is 38.6 Å². The van der Waals surface area contributed by atoms with E-state index in [9.17, 15) is 4.79 Å². The number of hydrogen-bond acceptors (Lipinski definition) is 4. The molecule has 1 unspecified atom stereocenters. The number of nitrogens with one attached hydrogen (secondary N) is 1. The van der Waals surface area contributed by atoms with Gasteiger partial charge in [-0.2, -0.15) is 0 Å². The number of piperidine rings is 1. The van der Waals surface area contributed by atoms with Crippen LogP contribution in [0.5, 0.6) is 0 Å².